The number of ketones is 2. The summed E-state index contributed by atoms with van der Waals surface area (Å²) >= 11 is 3.54. The molecule has 4 nitrogen and oxygen atoms in total. The Labute approximate surface area is 203 Å². The van der Waals surface area contributed by atoms with E-state index in [0.717, 1.165) is 29.7 Å². The number of aryl methyl sites for hydroxylation is 2. The molecule has 3 aromatic rings. The van der Waals surface area contributed by atoms with Crippen LogP contribution in [0.3, 0.4) is 0 Å². The largest absolute Gasteiger partial charge is 0.297 e. The summed E-state index contributed by atoms with van der Waals surface area (Å²) in [4.78, 5) is 32.3. The van der Waals surface area contributed by atoms with E-state index < -0.39 is 5.54 Å². The van der Waals surface area contributed by atoms with Gasteiger partial charge in [-0.15, -0.1) is 0 Å². The third-order valence-corrected chi connectivity index (χ3v) is 7.55. The van der Waals surface area contributed by atoms with Crippen LogP contribution in [0, 0.1) is 13.8 Å². The van der Waals surface area contributed by atoms with Crippen molar-refractivity contribution in [1.29, 1.82) is 0 Å². The molecule has 5 heteroatoms. The average molecular weight is 503 g/mol. The summed E-state index contributed by atoms with van der Waals surface area (Å²) in [5, 5.41) is 0. The summed E-state index contributed by atoms with van der Waals surface area (Å²) in [6.45, 7) is 8.08. The zero-order valence-corrected chi connectivity index (χ0v) is 20.6. The van der Waals surface area contributed by atoms with E-state index >= 15 is 0 Å². The molecule has 2 aliphatic rings. The number of hydrogen-bond donors (Lipinski definition) is 0. The molecule has 1 fully saturated rings. The van der Waals surface area contributed by atoms with Gasteiger partial charge in [-0.25, -0.2) is 0 Å². The highest BCUT2D eigenvalue weighted by molar-refractivity contribution is 9.10. The van der Waals surface area contributed by atoms with E-state index in [4.69, 9.17) is 0 Å². The SMILES string of the molecule is Cc1ccc(CN2CCN(C3(c4cccc(Br)c4)C(=O)c4ccccc4C3=O)CC2)c(C)c1. The molecule has 1 heterocycles. The van der Waals surface area contributed by atoms with Crippen molar-refractivity contribution in [2.75, 3.05) is 26.2 Å². The number of fused-ring (bicyclic) bond motifs is 1. The third kappa shape index (κ3) is 3.68. The number of nitrogens with zero attached hydrogens (tertiary/aromatic N) is 2. The predicted molar refractivity (Wildman–Crippen MR) is 134 cm³/mol. The van der Waals surface area contributed by atoms with Crippen LogP contribution in [-0.4, -0.2) is 47.5 Å². The van der Waals surface area contributed by atoms with Crippen molar-refractivity contribution in [3.8, 4) is 0 Å². The fourth-order valence-corrected chi connectivity index (χ4v) is 5.72. The maximum Gasteiger partial charge on any atom is 0.196 e. The lowest BCUT2D eigenvalue weighted by molar-refractivity contribution is 0.0279. The average Bonchev–Trinajstić information content (AvgIpc) is 3.04. The summed E-state index contributed by atoms with van der Waals surface area (Å²) in [7, 11) is 0. The molecule has 0 N–H and O–H groups in total. The minimum absolute atomic E-state index is 0.107. The minimum Gasteiger partial charge on any atom is -0.297 e. The topological polar surface area (TPSA) is 40.6 Å². The van der Waals surface area contributed by atoms with Crippen LogP contribution in [0.4, 0.5) is 0 Å². The van der Waals surface area contributed by atoms with Gasteiger partial charge < -0.3 is 0 Å². The second-order valence-electron chi connectivity index (χ2n) is 9.12. The Morgan fingerprint density at radius 1 is 0.818 bits per heavy atom. The predicted octanol–water partition coefficient (Wildman–Crippen LogP) is 5.16. The molecule has 1 saturated heterocycles. The van der Waals surface area contributed by atoms with Crippen LogP contribution in [0.5, 0.6) is 0 Å². The second-order valence-corrected chi connectivity index (χ2v) is 10.0. The van der Waals surface area contributed by atoms with E-state index in [-0.39, 0.29) is 11.6 Å². The highest BCUT2D eigenvalue weighted by Gasteiger charge is 2.58. The molecule has 0 bridgehead atoms. The van der Waals surface area contributed by atoms with Crippen molar-refractivity contribution in [3.63, 3.8) is 0 Å². The second kappa shape index (κ2) is 8.64. The first-order chi connectivity index (χ1) is 15.9. The summed E-state index contributed by atoms with van der Waals surface area (Å²) in [6.07, 6.45) is 0. The Hall–Kier alpha value is -2.60. The molecule has 0 amide bonds. The number of hydrogen-bond acceptors (Lipinski definition) is 4. The van der Waals surface area contributed by atoms with Gasteiger partial charge in [-0.2, -0.15) is 0 Å². The lowest BCUT2D eigenvalue weighted by atomic mass is 9.82. The quantitative estimate of drug-likeness (QED) is 0.462. The van der Waals surface area contributed by atoms with Gasteiger partial charge in [0.1, 0.15) is 0 Å². The molecule has 168 valence electrons. The van der Waals surface area contributed by atoms with Gasteiger partial charge in [-0.1, -0.05) is 76.1 Å². The minimum atomic E-state index is -1.29. The monoisotopic (exact) mass is 502 g/mol. The highest BCUT2D eigenvalue weighted by Crippen LogP contribution is 2.43. The van der Waals surface area contributed by atoms with Crippen LogP contribution in [-0.2, 0) is 12.1 Å². The first kappa shape index (κ1) is 22.2. The summed E-state index contributed by atoms with van der Waals surface area (Å²) in [5.41, 5.74) is 4.41. The van der Waals surface area contributed by atoms with E-state index in [1.807, 2.05) is 36.4 Å². The molecular weight excluding hydrogens is 476 g/mol. The summed E-state index contributed by atoms with van der Waals surface area (Å²) < 4.78 is 0.865. The van der Waals surface area contributed by atoms with Crippen LogP contribution in [0.15, 0.2) is 71.2 Å². The third-order valence-electron chi connectivity index (χ3n) is 7.05. The van der Waals surface area contributed by atoms with Crippen molar-refractivity contribution in [2.45, 2.75) is 25.9 Å². The Morgan fingerprint density at radius 3 is 2.09 bits per heavy atom. The van der Waals surface area contributed by atoms with Gasteiger partial charge in [0.2, 0.25) is 0 Å². The van der Waals surface area contributed by atoms with Gasteiger partial charge in [0.15, 0.2) is 17.1 Å². The standard InChI is InChI=1S/C28H27BrN2O2/c1-19-10-11-21(20(2)16-19)18-30-12-14-31(15-13-30)28(22-6-5-7-23(29)17-22)26(32)24-8-3-4-9-25(24)27(28)33/h3-11,16-17H,12-15,18H2,1-2H3. The molecule has 0 atom stereocenters. The molecule has 3 aromatic carbocycles. The Balaban J connectivity index is 1.46. The van der Waals surface area contributed by atoms with Gasteiger partial charge in [0.05, 0.1) is 0 Å². The molecule has 0 saturated carbocycles. The van der Waals surface area contributed by atoms with Gasteiger partial charge in [-0.05, 0) is 42.7 Å². The molecule has 33 heavy (non-hydrogen) atoms. The molecule has 0 radical (unpaired) electrons. The fourth-order valence-electron chi connectivity index (χ4n) is 5.32. The van der Waals surface area contributed by atoms with Crippen molar-refractivity contribution < 1.29 is 9.59 Å². The van der Waals surface area contributed by atoms with E-state index in [1.54, 1.807) is 12.1 Å². The van der Waals surface area contributed by atoms with Crippen LogP contribution >= 0.6 is 15.9 Å². The Bertz CT molecular complexity index is 1210. The van der Waals surface area contributed by atoms with Gasteiger partial charge >= 0.3 is 0 Å². The fraction of sp³-hybridized carbons (Fsp3) is 0.286. The normalized spacial score (nSPS) is 18.5. The van der Waals surface area contributed by atoms with Crippen LogP contribution in [0.1, 0.15) is 43.0 Å². The molecule has 1 aliphatic heterocycles. The maximum atomic E-state index is 13.9. The number of Topliss-reactive ketones (excluding diaryl/α,β-unsaturated/α-hetero) is 2. The maximum absolute atomic E-state index is 13.9. The zero-order valence-electron chi connectivity index (χ0n) is 19.0. The summed E-state index contributed by atoms with van der Waals surface area (Å²) in [5.74, 6) is -0.215. The van der Waals surface area contributed by atoms with Crippen LogP contribution < -0.4 is 0 Å². The van der Waals surface area contributed by atoms with E-state index in [0.29, 0.717) is 24.2 Å². The lowest BCUT2D eigenvalue weighted by Gasteiger charge is -2.44. The number of carbonyl (C=O) groups is 2. The van der Waals surface area contributed by atoms with Crippen LogP contribution in [0.2, 0.25) is 0 Å². The molecule has 0 spiro atoms. The Kier molecular flexibility index (Phi) is 5.81. The van der Waals surface area contributed by atoms with Crippen molar-refractivity contribution in [3.05, 3.63) is 105 Å². The Morgan fingerprint density at radius 2 is 1.48 bits per heavy atom. The highest BCUT2D eigenvalue weighted by atomic mass is 79.9. The molecule has 0 unspecified atom stereocenters. The lowest BCUT2D eigenvalue weighted by Crippen LogP contribution is -2.60. The van der Waals surface area contributed by atoms with Gasteiger partial charge in [0.25, 0.3) is 0 Å². The van der Waals surface area contributed by atoms with Crippen molar-refractivity contribution in [2.24, 2.45) is 0 Å². The number of rotatable bonds is 4. The van der Waals surface area contributed by atoms with E-state index in [9.17, 15) is 9.59 Å². The van der Waals surface area contributed by atoms with Gasteiger partial charge in [0, 0.05) is 48.3 Å². The number of halogens is 1. The number of piperazine rings is 1. The molecular formula is C28H27BrN2O2. The van der Waals surface area contributed by atoms with E-state index in [2.05, 4.69) is 57.8 Å². The molecule has 0 aromatic heterocycles. The zero-order chi connectivity index (χ0) is 23.2. The molecule has 5 rings (SSSR count). The van der Waals surface area contributed by atoms with Crippen molar-refractivity contribution >= 4 is 27.5 Å². The van der Waals surface area contributed by atoms with Crippen molar-refractivity contribution in [1.82, 2.24) is 9.80 Å². The van der Waals surface area contributed by atoms with E-state index in [1.165, 1.54) is 16.7 Å². The number of benzene rings is 3. The smallest absolute Gasteiger partial charge is 0.196 e. The molecule has 1 aliphatic carbocycles. The first-order valence-electron chi connectivity index (χ1n) is 11.4. The number of carbonyl (C=O) groups excluding carboxylic acids is 2. The van der Waals surface area contributed by atoms with Gasteiger partial charge in [-0.3, -0.25) is 19.4 Å². The summed E-state index contributed by atoms with van der Waals surface area (Å²) in [6, 6.07) is 21.5. The van der Waals surface area contributed by atoms with Crippen LogP contribution in [0.25, 0.3) is 0 Å². The first-order valence-corrected chi connectivity index (χ1v) is 12.2.